The first-order valence-corrected chi connectivity index (χ1v) is 13.0. The number of aromatic nitrogens is 5. The molecule has 6 rings (SSSR count). The lowest BCUT2D eigenvalue weighted by Gasteiger charge is -2.35. The molecule has 1 saturated heterocycles. The minimum Gasteiger partial charge on any atom is -0.364 e. The summed E-state index contributed by atoms with van der Waals surface area (Å²) >= 11 is 1.57. The molecule has 0 saturated carbocycles. The maximum Gasteiger partial charge on any atom is 0.416 e. The van der Waals surface area contributed by atoms with Crippen LogP contribution in [0.15, 0.2) is 71.8 Å². The normalized spacial score (nSPS) is 14.3. The molecule has 1 aromatic carbocycles. The van der Waals surface area contributed by atoms with Crippen LogP contribution in [0.3, 0.4) is 0 Å². The minimum absolute atomic E-state index is 0.161. The van der Waals surface area contributed by atoms with Crippen LogP contribution >= 0.6 is 11.3 Å². The Bertz CT molecular complexity index is 1530. The van der Waals surface area contributed by atoms with Crippen molar-refractivity contribution in [2.24, 2.45) is 0 Å². The van der Waals surface area contributed by atoms with Gasteiger partial charge < -0.3 is 15.1 Å². The molecule has 38 heavy (non-hydrogen) atoms. The SMILES string of the molecule is FC(F)(F)c1cccc(CNc2nc(N3CCN(c4ccccn4)CC3)nc3c2ncn3-c2ccsc2)c1. The second kappa shape index (κ2) is 9.93. The first-order valence-electron chi connectivity index (χ1n) is 12.0. The van der Waals surface area contributed by atoms with Crippen molar-refractivity contribution in [2.75, 3.05) is 41.3 Å². The Morgan fingerprint density at radius 3 is 2.50 bits per heavy atom. The van der Waals surface area contributed by atoms with E-state index >= 15 is 0 Å². The van der Waals surface area contributed by atoms with Crippen LogP contribution in [0.1, 0.15) is 11.1 Å². The fourth-order valence-corrected chi connectivity index (χ4v) is 5.08. The predicted octanol–water partition coefficient (Wildman–Crippen LogP) is 5.23. The average Bonchev–Trinajstić information content (AvgIpc) is 3.62. The number of nitrogens with one attached hydrogen (secondary N) is 1. The molecular weight excluding hydrogens is 513 g/mol. The Kier molecular flexibility index (Phi) is 6.32. The van der Waals surface area contributed by atoms with Crippen molar-refractivity contribution in [3.63, 3.8) is 0 Å². The van der Waals surface area contributed by atoms with Crippen LogP contribution in [0.5, 0.6) is 0 Å². The summed E-state index contributed by atoms with van der Waals surface area (Å²) in [5, 5.41) is 7.20. The van der Waals surface area contributed by atoms with Crippen molar-refractivity contribution in [1.82, 2.24) is 24.5 Å². The molecule has 0 atom stereocenters. The number of pyridine rings is 1. The summed E-state index contributed by atoms with van der Waals surface area (Å²) in [6.45, 7) is 3.07. The third-order valence-electron chi connectivity index (χ3n) is 6.42. The van der Waals surface area contributed by atoms with Crippen LogP contribution in [0.2, 0.25) is 0 Å². The molecule has 0 aliphatic carbocycles. The number of imidazole rings is 1. The van der Waals surface area contributed by atoms with Crippen molar-refractivity contribution in [3.05, 3.63) is 82.9 Å². The van der Waals surface area contributed by atoms with Gasteiger partial charge in [0.15, 0.2) is 17.0 Å². The summed E-state index contributed by atoms with van der Waals surface area (Å²) in [6, 6.07) is 13.1. The van der Waals surface area contributed by atoms with Crippen LogP contribution in [0.25, 0.3) is 16.9 Å². The number of hydrogen-bond acceptors (Lipinski definition) is 8. The molecular formula is C26H23F3N8S. The smallest absolute Gasteiger partial charge is 0.364 e. The summed E-state index contributed by atoms with van der Waals surface area (Å²) in [6.07, 6.45) is -0.922. The number of hydrogen-bond donors (Lipinski definition) is 1. The second-order valence-corrected chi connectivity index (χ2v) is 9.63. The molecule has 4 aromatic heterocycles. The van der Waals surface area contributed by atoms with Crippen molar-refractivity contribution >= 4 is 40.1 Å². The number of thiophene rings is 1. The molecule has 0 spiro atoms. The molecule has 0 radical (unpaired) electrons. The van der Waals surface area contributed by atoms with Gasteiger partial charge in [0.25, 0.3) is 0 Å². The number of rotatable bonds is 6. The number of piperazine rings is 1. The molecule has 1 N–H and O–H groups in total. The Hall–Kier alpha value is -4.19. The summed E-state index contributed by atoms with van der Waals surface area (Å²) in [4.78, 5) is 23.0. The fraction of sp³-hybridized carbons (Fsp3) is 0.231. The third kappa shape index (κ3) is 4.86. The van der Waals surface area contributed by atoms with Crippen LogP contribution in [0, 0.1) is 0 Å². The van der Waals surface area contributed by atoms with Gasteiger partial charge in [0.05, 0.1) is 11.3 Å². The van der Waals surface area contributed by atoms with Gasteiger partial charge in [-0.1, -0.05) is 18.2 Å². The van der Waals surface area contributed by atoms with Crippen molar-refractivity contribution in [3.8, 4) is 5.69 Å². The van der Waals surface area contributed by atoms with Crippen LogP contribution in [-0.4, -0.2) is 50.7 Å². The van der Waals surface area contributed by atoms with Gasteiger partial charge in [-0.2, -0.15) is 34.5 Å². The van der Waals surface area contributed by atoms with E-state index in [1.54, 1.807) is 29.9 Å². The Balaban J connectivity index is 1.30. The van der Waals surface area contributed by atoms with E-state index in [9.17, 15) is 13.2 Å². The number of nitrogens with zero attached hydrogens (tertiary/aromatic N) is 7. The van der Waals surface area contributed by atoms with Gasteiger partial charge in [-0.05, 0) is 41.3 Å². The number of fused-ring (bicyclic) bond motifs is 1. The van der Waals surface area contributed by atoms with Crippen molar-refractivity contribution in [1.29, 1.82) is 0 Å². The summed E-state index contributed by atoms with van der Waals surface area (Å²) < 4.78 is 41.5. The molecule has 8 nitrogen and oxygen atoms in total. The number of anilines is 3. The third-order valence-corrected chi connectivity index (χ3v) is 7.09. The Morgan fingerprint density at radius 1 is 0.921 bits per heavy atom. The maximum atomic E-state index is 13.2. The zero-order valence-corrected chi connectivity index (χ0v) is 21.0. The first-order chi connectivity index (χ1) is 18.5. The van der Waals surface area contributed by atoms with Crippen LogP contribution < -0.4 is 15.1 Å². The standard InChI is InChI=1S/C26H23F3N8S/c27-26(28,29)19-5-3-4-18(14-19)15-31-23-22-24(37(17-32-22)20-7-13-38-16-20)34-25(33-23)36-11-9-35(10-12-36)21-6-1-2-8-30-21/h1-8,13-14,16-17H,9-12,15H2,(H,31,33,34). The monoisotopic (exact) mass is 536 g/mol. The molecule has 12 heteroatoms. The van der Waals surface area contributed by atoms with Crippen LogP contribution in [-0.2, 0) is 12.7 Å². The van der Waals surface area contributed by atoms with E-state index in [1.165, 1.54) is 6.07 Å². The number of benzene rings is 1. The highest BCUT2D eigenvalue weighted by Crippen LogP contribution is 2.30. The molecule has 0 amide bonds. The highest BCUT2D eigenvalue weighted by atomic mass is 32.1. The van der Waals surface area contributed by atoms with E-state index < -0.39 is 11.7 Å². The van der Waals surface area contributed by atoms with E-state index in [-0.39, 0.29) is 6.54 Å². The topological polar surface area (TPSA) is 75.0 Å². The first kappa shape index (κ1) is 24.2. The molecule has 1 fully saturated rings. The van der Waals surface area contributed by atoms with E-state index in [4.69, 9.17) is 9.97 Å². The Labute approximate surface area is 220 Å². The second-order valence-electron chi connectivity index (χ2n) is 8.85. The molecule has 0 bridgehead atoms. The zero-order valence-electron chi connectivity index (χ0n) is 20.1. The molecule has 1 aliphatic rings. The minimum atomic E-state index is -4.40. The van der Waals surface area contributed by atoms with Crippen molar-refractivity contribution in [2.45, 2.75) is 12.7 Å². The highest BCUT2D eigenvalue weighted by Gasteiger charge is 2.30. The van der Waals surface area contributed by atoms with Gasteiger partial charge in [0.1, 0.15) is 12.1 Å². The largest absolute Gasteiger partial charge is 0.416 e. The lowest BCUT2D eigenvalue weighted by Crippen LogP contribution is -2.47. The fourth-order valence-electron chi connectivity index (χ4n) is 4.46. The quantitative estimate of drug-likeness (QED) is 0.319. The summed E-state index contributed by atoms with van der Waals surface area (Å²) in [5.41, 5.74) is 1.93. The molecule has 1 aliphatic heterocycles. The summed E-state index contributed by atoms with van der Waals surface area (Å²) in [5.74, 6) is 1.95. The highest BCUT2D eigenvalue weighted by molar-refractivity contribution is 7.08. The van der Waals surface area contributed by atoms with Gasteiger partial charge in [0, 0.05) is 44.3 Å². The molecule has 0 unspecified atom stereocenters. The molecule has 5 heterocycles. The summed E-state index contributed by atoms with van der Waals surface area (Å²) in [7, 11) is 0. The molecule has 194 valence electrons. The molecule has 5 aromatic rings. The van der Waals surface area contributed by atoms with E-state index in [2.05, 4.69) is 25.1 Å². The maximum absolute atomic E-state index is 13.2. The lowest BCUT2D eigenvalue weighted by atomic mass is 10.1. The van der Waals surface area contributed by atoms with E-state index in [1.807, 2.05) is 39.6 Å². The van der Waals surface area contributed by atoms with Gasteiger partial charge >= 0.3 is 6.18 Å². The zero-order chi connectivity index (χ0) is 26.1. The van der Waals surface area contributed by atoms with Gasteiger partial charge in [-0.15, -0.1) is 0 Å². The number of halogens is 3. The van der Waals surface area contributed by atoms with Crippen molar-refractivity contribution < 1.29 is 13.2 Å². The van der Waals surface area contributed by atoms with E-state index in [0.29, 0.717) is 41.6 Å². The lowest BCUT2D eigenvalue weighted by molar-refractivity contribution is -0.137. The van der Waals surface area contributed by atoms with E-state index in [0.717, 1.165) is 36.7 Å². The van der Waals surface area contributed by atoms with Crippen LogP contribution in [0.4, 0.5) is 30.8 Å². The predicted molar refractivity (Wildman–Crippen MR) is 142 cm³/mol. The van der Waals surface area contributed by atoms with Gasteiger partial charge in [-0.25, -0.2) is 9.97 Å². The van der Waals surface area contributed by atoms with Gasteiger partial charge in [0.2, 0.25) is 5.95 Å². The van der Waals surface area contributed by atoms with Gasteiger partial charge in [-0.3, -0.25) is 4.57 Å². The Morgan fingerprint density at radius 2 is 1.76 bits per heavy atom. The average molecular weight is 537 g/mol. The number of alkyl halides is 3.